The number of carbonyl (C=O) groups is 3. The monoisotopic (exact) mass is 913 g/mol. The van der Waals surface area contributed by atoms with E-state index >= 15 is 0 Å². The van der Waals surface area contributed by atoms with Crippen LogP contribution in [0.3, 0.4) is 0 Å². The molecule has 0 fully saturated rings. The minimum absolute atomic E-state index is 0.103. The highest BCUT2D eigenvalue weighted by atomic mass is 17.1. The van der Waals surface area contributed by atoms with Crippen LogP contribution in [0.1, 0.15) is 258 Å². The van der Waals surface area contributed by atoms with Gasteiger partial charge in [0, 0.05) is 18.9 Å². The van der Waals surface area contributed by atoms with E-state index in [9.17, 15) is 19.6 Å². The highest BCUT2D eigenvalue weighted by Crippen LogP contribution is 2.16. The zero-order chi connectivity index (χ0) is 47.4. The van der Waals surface area contributed by atoms with Crippen LogP contribution in [-0.2, 0) is 33.5 Å². The molecule has 2 unspecified atom stereocenters. The summed E-state index contributed by atoms with van der Waals surface area (Å²) < 4.78 is 16.6. The molecule has 2 atom stereocenters. The van der Waals surface area contributed by atoms with E-state index in [0.717, 1.165) is 116 Å². The fraction of sp³-hybridized carbons (Fsp3) is 0.772. The van der Waals surface area contributed by atoms with Gasteiger partial charge in [-0.05, 0) is 96.3 Å². The fourth-order valence-electron chi connectivity index (χ4n) is 7.61. The van der Waals surface area contributed by atoms with E-state index in [4.69, 9.17) is 19.1 Å². The molecule has 8 heteroatoms. The second kappa shape index (κ2) is 52.0. The number of esters is 3. The van der Waals surface area contributed by atoms with Gasteiger partial charge in [-0.15, -0.1) is 0 Å². The lowest BCUT2D eigenvalue weighted by Crippen LogP contribution is -2.30. The normalized spacial score (nSPS) is 13.0. The van der Waals surface area contributed by atoms with Crippen molar-refractivity contribution in [2.75, 3.05) is 13.2 Å². The lowest BCUT2D eigenvalue weighted by atomic mass is 10.0. The molecule has 0 saturated carbocycles. The second-order valence-electron chi connectivity index (χ2n) is 18.1. The average Bonchev–Trinajstić information content (AvgIpc) is 3.31. The first kappa shape index (κ1) is 62.0. The molecular formula is C57H100O8. The largest absolute Gasteiger partial charge is 0.462 e. The van der Waals surface area contributed by atoms with Crippen molar-refractivity contribution >= 4 is 17.9 Å². The topological polar surface area (TPSA) is 108 Å². The molecule has 0 amide bonds. The standard InChI is InChI=1S/C57H100O8/c1-4-7-10-13-16-18-20-22-24-26-28-30-32-38-43-48-55(58)62-51-54(64-57(60)50-45-40-33-31-29-27-25-23-21-19-17-14-11-8-5-2)52-63-56(59)49-44-39-35-34-37-42-47-53(65-61)46-41-36-15-12-9-6-3/h17,19,22-25,35,39,44,49,53-54,61H,4-16,18,20-21,26-34,36-38,40-43,45-48,50-52H2,1-3H3/b19-17-,24-22-,25-23-,39-35?,49-44?. The molecular weight excluding hydrogens is 813 g/mol. The van der Waals surface area contributed by atoms with Crippen molar-refractivity contribution in [2.24, 2.45) is 0 Å². The Morgan fingerprint density at radius 2 is 0.815 bits per heavy atom. The average molecular weight is 913 g/mol. The fourth-order valence-corrected chi connectivity index (χ4v) is 7.61. The SMILES string of the molecule is CCCCC/C=C\C/C=C\CCCCCCCC(=O)OC(COC(=O)C=CC=CCCCCC(CCCCCCCC)OO)COC(=O)CCCCCCC/C=C\CCCCCCCC. The van der Waals surface area contributed by atoms with Crippen molar-refractivity contribution in [3.05, 3.63) is 60.8 Å². The van der Waals surface area contributed by atoms with Crippen molar-refractivity contribution in [1.29, 1.82) is 0 Å². The summed E-state index contributed by atoms with van der Waals surface area (Å²) in [5, 5.41) is 9.27. The van der Waals surface area contributed by atoms with Crippen molar-refractivity contribution in [1.82, 2.24) is 0 Å². The summed E-state index contributed by atoms with van der Waals surface area (Å²) in [6.45, 7) is 6.38. The molecule has 0 rings (SSSR count). The number of carbonyl (C=O) groups excluding carboxylic acids is 3. The van der Waals surface area contributed by atoms with Gasteiger partial charge in [0.15, 0.2) is 6.10 Å². The van der Waals surface area contributed by atoms with Crippen LogP contribution >= 0.6 is 0 Å². The second-order valence-corrected chi connectivity index (χ2v) is 18.1. The number of hydrogen-bond donors (Lipinski definition) is 1. The molecule has 0 aromatic carbocycles. The molecule has 0 aliphatic carbocycles. The molecule has 0 heterocycles. The van der Waals surface area contributed by atoms with Gasteiger partial charge >= 0.3 is 17.9 Å². The molecule has 0 aromatic heterocycles. The molecule has 0 aliphatic heterocycles. The van der Waals surface area contributed by atoms with Gasteiger partial charge < -0.3 is 14.2 Å². The maximum Gasteiger partial charge on any atom is 0.330 e. The Labute approximate surface area is 399 Å². The van der Waals surface area contributed by atoms with Gasteiger partial charge in [0.2, 0.25) is 0 Å². The summed E-state index contributed by atoms with van der Waals surface area (Å²) in [7, 11) is 0. The number of unbranched alkanes of at least 4 members (excludes halogenated alkanes) is 26. The first-order valence-corrected chi connectivity index (χ1v) is 27.1. The zero-order valence-electron chi connectivity index (χ0n) is 42.3. The predicted molar refractivity (Wildman–Crippen MR) is 273 cm³/mol. The number of allylic oxidation sites excluding steroid dienone is 9. The van der Waals surface area contributed by atoms with E-state index in [-0.39, 0.29) is 37.7 Å². The maximum absolute atomic E-state index is 12.8. The van der Waals surface area contributed by atoms with Gasteiger partial charge in [0.1, 0.15) is 13.2 Å². The molecule has 0 spiro atoms. The quantitative estimate of drug-likeness (QED) is 0.00940. The Morgan fingerprint density at radius 1 is 0.415 bits per heavy atom. The van der Waals surface area contributed by atoms with Gasteiger partial charge in [-0.2, -0.15) is 0 Å². The Kier molecular flexibility index (Phi) is 49.6. The van der Waals surface area contributed by atoms with E-state index in [1.165, 1.54) is 115 Å². The van der Waals surface area contributed by atoms with Crippen molar-refractivity contribution in [2.45, 2.75) is 271 Å². The Balaban J connectivity index is 4.60. The van der Waals surface area contributed by atoms with Crippen molar-refractivity contribution in [3.63, 3.8) is 0 Å². The van der Waals surface area contributed by atoms with Gasteiger partial charge in [-0.3, -0.25) is 14.8 Å². The number of rotatable bonds is 49. The van der Waals surface area contributed by atoms with E-state index < -0.39 is 12.1 Å². The third kappa shape index (κ3) is 48.8. The maximum atomic E-state index is 12.8. The minimum Gasteiger partial charge on any atom is -0.462 e. The van der Waals surface area contributed by atoms with Crippen molar-refractivity contribution in [3.8, 4) is 0 Å². The predicted octanol–water partition coefficient (Wildman–Crippen LogP) is 17.1. The molecule has 8 nitrogen and oxygen atoms in total. The van der Waals surface area contributed by atoms with Crippen LogP contribution in [-0.4, -0.2) is 48.6 Å². The van der Waals surface area contributed by atoms with Crippen LogP contribution in [0.5, 0.6) is 0 Å². The summed E-state index contributed by atoms with van der Waals surface area (Å²) >= 11 is 0. The van der Waals surface area contributed by atoms with Gasteiger partial charge in [-0.1, -0.05) is 204 Å². The lowest BCUT2D eigenvalue weighted by Gasteiger charge is -2.18. The summed E-state index contributed by atoms with van der Waals surface area (Å²) in [5.41, 5.74) is 0. The number of hydrogen-bond acceptors (Lipinski definition) is 8. The van der Waals surface area contributed by atoms with E-state index in [1.807, 2.05) is 12.2 Å². The van der Waals surface area contributed by atoms with E-state index in [1.54, 1.807) is 6.08 Å². The van der Waals surface area contributed by atoms with Crippen LogP contribution in [0, 0.1) is 0 Å². The highest BCUT2D eigenvalue weighted by molar-refractivity contribution is 5.82. The van der Waals surface area contributed by atoms with E-state index in [0.29, 0.717) is 6.42 Å². The smallest absolute Gasteiger partial charge is 0.330 e. The van der Waals surface area contributed by atoms with Gasteiger partial charge in [0.25, 0.3) is 0 Å². The molecule has 65 heavy (non-hydrogen) atoms. The molecule has 0 aromatic rings. The summed E-state index contributed by atoms with van der Waals surface area (Å²) in [4.78, 5) is 42.7. The van der Waals surface area contributed by atoms with Crippen LogP contribution in [0.2, 0.25) is 0 Å². The third-order valence-corrected chi connectivity index (χ3v) is 11.8. The lowest BCUT2D eigenvalue weighted by molar-refractivity contribution is -0.281. The Hall–Kier alpha value is -2.97. The molecule has 1 N–H and O–H groups in total. The molecule has 0 aliphatic rings. The first-order valence-electron chi connectivity index (χ1n) is 27.1. The molecule has 0 radical (unpaired) electrons. The Bertz CT molecular complexity index is 1200. The number of ether oxygens (including phenoxy) is 3. The summed E-state index contributed by atoms with van der Waals surface area (Å²) in [5.74, 6) is -1.25. The van der Waals surface area contributed by atoms with Gasteiger partial charge in [-0.25, -0.2) is 9.68 Å². The molecule has 0 saturated heterocycles. The summed E-state index contributed by atoms with van der Waals surface area (Å²) in [6.07, 6.45) is 59.5. The van der Waals surface area contributed by atoms with Crippen molar-refractivity contribution < 1.29 is 38.7 Å². The first-order chi connectivity index (χ1) is 32.0. The van der Waals surface area contributed by atoms with E-state index in [2.05, 4.69) is 57.2 Å². The molecule has 376 valence electrons. The zero-order valence-corrected chi connectivity index (χ0v) is 42.3. The van der Waals surface area contributed by atoms with Crippen LogP contribution in [0.15, 0.2) is 60.8 Å². The van der Waals surface area contributed by atoms with Crippen LogP contribution in [0.25, 0.3) is 0 Å². The Morgan fingerprint density at radius 3 is 1.37 bits per heavy atom. The van der Waals surface area contributed by atoms with Crippen LogP contribution in [0.4, 0.5) is 0 Å². The van der Waals surface area contributed by atoms with Gasteiger partial charge in [0.05, 0.1) is 6.10 Å². The minimum atomic E-state index is -0.862. The highest BCUT2D eigenvalue weighted by Gasteiger charge is 2.19. The van der Waals surface area contributed by atoms with Crippen LogP contribution < -0.4 is 0 Å². The molecule has 0 bridgehead atoms. The summed E-state index contributed by atoms with van der Waals surface area (Å²) in [6, 6.07) is 0. The third-order valence-electron chi connectivity index (χ3n) is 11.8.